The molecule has 0 aromatic heterocycles. The zero-order chi connectivity index (χ0) is 6.41. The van der Waals surface area contributed by atoms with E-state index in [0.29, 0.717) is 5.70 Å². The van der Waals surface area contributed by atoms with Crippen molar-refractivity contribution in [2.24, 2.45) is 5.18 Å². The van der Waals surface area contributed by atoms with Crippen LogP contribution in [0.15, 0.2) is 42.3 Å². The van der Waals surface area contributed by atoms with Crippen LogP contribution >= 0.6 is 0 Å². The van der Waals surface area contributed by atoms with Gasteiger partial charge >= 0.3 is 0 Å². The highest BCUT2D eigenvalue weighted by atomic mass is 16.3. The molecule has 0 unspecified atom stereocenters. The molecule has 0 atom stereocenters. The minimum absolute atomic E-state index is 0.306. The predicted octanol–water partition coefficient (Wildman–Crippen LogP) is 2.01. The summed E-state index contributed by atoms with van der Waals surface area (Å²) in [7, 11) is 0. The van der Waals surface area contributed by atoms with E-state index in [-0.39, 0.29) is 0 Å². The molecule has 0 aliphatic carbocycles. The van der Waals surface area contributed by atoms with Gasteiger partial charge in [0.1, 0.15) is 5.70 Å². The van der Waals surface area contributed by atoms with Gasteiger partial charge in [0.25, 0.3) is 0 Å². The fourth-order valence-corrected chi connectivity index (χ4v) is 0.256. The second-order valence-corrected chi connectivity index (χ2v) is 1.12. The third kappa shape index (κ3) is 2.08. The van der Waals surface area contributed by atoms with E-state index in [4.69, 9.17) is 0 Å². The Hall–Kier alpha value is -1.18. The quantitative estimate of drug-likeness (QED) is 0.402. The van der Waals surface area contributed by atoms with Crippen molar-refractivity contribution in [3.05, 3.63) is 42.0 Å². The molecule has 0 heterocycles. The van der Waals surface area contributed by atoms with Crippen LogP contribution in [0.25, 0.3) is 0 Å². The van der Waals surface area contributed by atoms with Crippen molar-refractivity contribution < 1.29 is 0 Å². The van der Waals surface area contributed by atoms with Crippen molar-refractivity contribution in [1.82, 2.24) is 0 Å². The van der Waals surface area contributed by atoms with Gasteiger partial charge in [0.15, 0.2) is 0 Å². The van der Waals surface area contributed by atoms with Crippen LogP contribution in [0.5, 0.6) is 0 Å². The van der Waals surface area contributed by atoms with Crippen molar-refractivity contribution >= 4 is 0 Å². The van der Waals surface area contributed by atoms with Crippen molar-refractivity contribution in [1.29, 1.82) is 0 Å². The molecule has 0 aliphatic rings. The average molecular weight is 109 g/mol. The molecule has 0 saturated carbocycles. The van der Waals surface area contributed by atoms with Crippen LogP contribution in [0.2, 0.25) is 0 Å². The fourth-order valence-electron chi connectivity index (χ4n) is 0.256. The summed E-state index contributed by atoms with van der Waals surface area (Å²) in [6.07, 6.45) is 4.34. The summed E-state index contributed by atoms with van der Waals surface area (Å²) < 4.78 is 0. The standard InChI is InChI=1S/C6H7NO/c1-3-5-6(4-2)7-8/h3-5H,1-2H2/b6-5+. The lowest BCUT2D eigenvalue weighted by Gasteiger charge is -1.77. The first kappa shape index (κ1) is 6.82. The summed E-state index contributed by atoms with van der Waals surface area (Å²) >= 11 is 0. The third-order valence-electron chi connectivity index (χ3n) is 0.603. The molecule has 0 bridgehead atoms. The molecule has 0 radical (unpaired) electrons. The van der Waals surface area contributed by atoms with Gasteiger partial charge in [-0.05, 0) is 17.3 Å². The molecule has 0 N–H and O–H groups in total. The Bertz CT molecular complexity index is 125. The molecule has 0 fully saturated rings. The molecule has 0 aromatic carbocycles. The molecule has 42 valence electrons. The minimum Gasteiger partial charge on any atom is -0.145 e. The van der Waals surface area contributed by atoms with Crippen molar-refractivity contribution in [2.45, 2.75) is 0 Å². The smallest absolute Gasteiger partial charge is 0.107 e. The maximum Gasteiger partial charge on any atom is 0.107 e. The van der Waals surface area contributed by atoms with Crippen LogP contribution in [0.1, 0.15) is 0 Å². The zero-order valence-corrected chi connectivity index (χ0v) is 4.50. The van der Waals surface area contributed by atoms with Gasteiger partial charge in [0.05, 0.1) is 0 Å². The Labute approximate surface area is 48.2 Å². The van der Waals surface area contributed by atoms with Crippen LogP contribution in [-0.4, -0.2) is 0 Å². The van der Waals surface area contributed by atoms with Gasteiger partial charge < -0.3 is 0 Å². The fraction of sp³-hybridized carbons (Fsp3) is 0. The lowest BCUT2D eigenvalue weighted by molar-refractivity contribution is 1.39. The van der Waals surface area contributed by atoms with E-state index >= 15 is 0 Å². The number of allylic oxidation sites excluding steroid dienone is 3. The molecular formula is C6H7NO. The van der Waals surface area contributed by atoms with Gasteiger partial charge in [0, 0.05) is 0 Å². The molecular weight excluding hydrogens is 102 g/mol. The summed E-state index contributed by atoms with van der Waals surface area (Å²) in [6, 6.07) is 0. The maximum atomic E-state index is 9.69. The maximum absolute atomic E-state index is 9.69. The third-order valence-corrected chi connectivity index (χ3v) is 0.603. The summed E-state index contributed by atoms with van der Waals surface area (Å²) in [4.78, 5) is 9.69. The Kier molecular flexibility index (Phi) is 3.40. The minimum atomic E-state index is 0.306. The Morgan fingerprint density at radius 2 is 2.12 bits per heavy atom. The van der Waals surface area contributed by atoms with E-state index in [2.05, 4.69) is 18.3 Å². The number of hydrogen-bond acceptors (Lipinski definition) is 2. The summed E-state index contributed by atoms with van der Waals surface area (Å²) in [5, 5.41) is 2.62. The molecule has 2 heteroatoms. The second-order valence-electron chi connectivity index (χ2n) is 1.12. The molecule has 2 nitrogen and oxygen atoms in total. The summed E-state index contributed by atoms with van der Waals surface area (Å²) in [5.41, 5.74) is 0.306. The van der Waals surface area contributed by atoms with Crippen LogP contribution < -0.4 is 0 Å². The topological polar surface area (TPSA) is 29.4 Å². The van der Waals surface area contributed by atoms with E-state index in [1.54, 1.807) is 0 Å². The highest BCUT2D eigenvalue weighted by Crippen LogP contribution is 1.94. The van der Waals surface area contributed by atoms with E-state index in [1.807, 2.05) is 0 Å². The summed E-state index contributed by atoms with van der Waals surface area (Å²) in [5.74, 6) is 0. The van der Waals surface area contributed by atoms with E-state index in [1.165, 1.54) is 18.2 Å². The van der Waals surface area contributed by atoms with Crippen molar-refractivity contribution in [2.75, 3.05) is 0 Å². The molecule has 0 aliphatic heterocycles. The second kappa shape index (κ2) is 3.99. The Morgan fingerprint density at radius 1 is 1.50 bits per heavy atom. The van der Waals surface area contributed by atoms with E-state index < -0.39 is 0 Å². The normalized spacial score (nSPS) is 10.2. The first-order chi connectivity index (χ1) is 3.85. The van der Waals surface area contributed by atoms with Gasteiger partial charge in [-0.25, -0.2) is 0 Å². The highest BCUT2D eigenvalue weighted by molar-refractivity contribution is 5.18. The van der Waals surface area contributed by atoms with E-state index in [9.17, 15) is 4.91 Å². The monoisotopic (exact) mass is 109 g/mol. The van der Waals surface area contributed by atoms with Crippen LogP contribution in [0.3, 0.4) is 0 Å². The first-order valence-corrected chi connectivity index (χ1v) is 2.13. The summed E-state index contributed by atoms with van der Waals surface area (Å²) in [6.45, 7) is 6.71. The SMILES string of the molecule is C=C/C=C(\C=C)N=O. The van der Waals surface area contributed by atoms with Gasteiger partial charge in [-0.2, -0.15) is 0 Å². The number of nitroso groups, excluding NO2 is 1. The number of hydrogen-bond donors (Lipinski definition) is 0. The number of nitrogens with zero attached hydrogens (tertiary/aromatic N) is 1. The average Bonchev–Trinajstić information content (AvgIpc) is 1.83. The Balaban J connectivity index is 4.05. The van der Waals surface area contributed by atoms with Gasteiger partial charge in [-0.1, -0.05) is 19.2 Å². The molecule has 0 aromatic rings. The first-order valence-electron chi connectivity index (χ1n) is 2.13. The molecule has 0 rings (SSSR count). The molecule has 8 heavy (non-hydrogen) atoms. The van der Waals surface area contributed by atoms with Crippen molar-refractivity contribution in [3.63, 3.8) is 0 Å². The van der Waals surface area contributed by atoms with Crippen LogP contribution in [-0.2, 0) is 0 Å². The van der Waals surface area contributed by atoms with Crippen LogP contribution in [0.4, 0.5) is 0 Å². The lowest BCUT2D eigenvalue weighted by Crippen LogP contribution is -1.62. The van der Waals surface area contributed by atoms with Crippen molar-refractivity contribution in [3.8, 4) is 0 Å². The van der Waals surface area contributed by atoms with Gasteiger partial charge in [0.2, 0.25) is 0 Å². The molecule has 0 amide bonds. The van der Waals surface area contributed by atoms with Gasteiger partial charge in [-0.3, -0.25) is 0 Å². The highest BCUT2D eigenvalue weighted by Gasteiger charge is 1.80. The molecule has 0 spiro atoms. The number of rotatable bonds is 3. The zero-order valence-electron chi connectivity index (χ0n) is 4.50. The molecule has 0 saturated heterocycles. The largest absolute Gasteiger partial charge is 0.145 e. The Morgan fingerprint density at radius 3 is 2.25 bits per heavy atom. The lowest BCUT2D eigenvalue weighted by atomic mass is 10.4. The van der Waals surface area contributed by atoms with E-state index in [0.717, 1.165) is 0 Å². The van der Waals surface area contributed by atoms with Gasteiger partial charge in [-0.15, -0.1) is 4.91 Å². The predicted molar refractivity (Wildman–Crippen MR) is 34.3 cm³/mol. The van der Waals surface area contributed by atoms with Crippen LogP contribution in [0, 0.1) is 4.91 Å².